The summed E-state index contributed by atoms with van der Waals surface area (Å²) in [4.78, 5) is 37.4. The van der Waals surface area contributed by atoms with Crippen molar-refractivity contribution in [1.82, 2.24) is 0 Å². The van der Waals surface area contributed by atoms with E-state index < -0.39 is 24.3 Å². The molecule has 0 spiro atoms. The molecule has 0 aromatic rings. The van der Waals surface area contributed by atoms with Crippen LogP contribution >= 0.6 is 0 Å². The second-order valence-corrected chi connectivity index (χ2v) is 22.3. The first-order valence-electron chi connectivity index (χ1n) is 32.3. The van der Waals surface area contributed by atoms with Gasteiger partial charge in [-0.05, 0) is 109 Å². The summed E-state index contributed by atoms with van der Waals surface area (Å²) in [5, 5.41) is 11.8. The van der Waals surface area contributed by atoms with Gasteiger partial charge in [0.25, 0.3) is 0 Å². The van der Waals surface area contributed by atoms with Crippen molar-refractivity contribution in [3.8, 4) is 0 Å². The molecule has 9 heteroatoms. The summed E-state index contributed by atoms with van der Waals surface area (Å²) >= 11 is 0. The van der Waals surface area contributed by atoms with Gasteiger partial charge in [-0.2, -0.15) is 0 Å². The largest absolute Gasteiger partial charge is 0.545 e. The molecule has 0 rings (SSSR count). The Morgan fingerprint density at radius 1 is 0.370 bits per heavy atom. The van der Waals surface area contributed by atoms with Crippen LogP contribution in [0.25, 0.3) is 0 Å². The molecule has 81 heavy (non-hydrogen) atoms. The third kappa shape index (κ3) is 62.9. The molecule has 0 aromatic carbocycles. The van der Waals surface area contributed by atoms with E-state index in [2.05, 4.69) is 148 Å². The first kappa shape index (κ1) is 76.4. The second kappa shape index (κ2) is 61.5. The highest BCUT2D eigenvalue weighted by atomic mass is 16.7. The minimum absolute atomic E-state index is 0.140. The topological polar surface area (TPSA) is 111 Å². The standard InChI is InChI=1S/C72H119NO8/c1-6-8-10-12-14-16-18-20-22-24-26-28-30-32-34-35-37-39-41-43-45-47-49-51-53-55-57-59-61-63-70(75)81-68(67-80-72(71(76)77)78-65-64-73(3,4)5)66-79-69(74)62-60-58-56-54-52-50-48-46-44-42-40-38-36-33-31-29-27-25-23-21-19-17-15-13-11-9-7-2/h8-11,14-17,20-23,26-29,32-34,36-37,39,68,72H,6-7,12-13,18-19,24-25,30-31,35,38,40-67H2,1-5H3/b10-8-,11-9-,16-14-,17-15-,22-20-,23-21-,28-26-,29-27-,34-32-,36-33-,39-37-. The normalized spacial score (nSPS) is 13.6. The summed E-state index contributed by atoms with van der Waals surface area (Å²) in [6.07, 6.45) is 85.0. The lowest BCUT2D eigenvalue weighted by molar-refractivity contribution is -0.870. The number of hydrogen-bond acceptors (Lipinski definition) is 8. The number of carbonyl (C=O) groups excluding carboxylic acids is 3. The van der Waals surface area contributed by atoms with E-state index in [4.69, 9.17) is 18.9 Å². The van der Waals surface area contributed by atoms with Crippen LogP contribution in [0.1, 0.15) is 245 Å². The van der Waals surface area contributed by atoms with E-state index in [-0.39, 0.29) is 38.6 Å². The van der Waals surface area contributed by atoms with E-state index in [1.54, 1.807) is 0 Å². The van der Waals surface area contributed by atoms with Crippen LogP contribution in [0.15, 0.2) is 134 Å². The van der Waals surface area contributed by atoms with Crippen LogP contribution in [0.2, 0.25) is 0 Å². The van der Waals surface area contributed by atoms with E-state index in [9.17, 15) is 19.5 Å². The Labute approximate surface area is 497 Å². The van der Waals surface area contributed by atoms with Gasteiger partial charge in [-0.3, -0.25) is 9.59 Å². The zero-order valence-electron chi connectivity index (χ0n) is 52.4. The molecule has 0 fully saturated rings. The molecule has 9 nitrogen and oxygen atoms in total. The van der Waals surface area contributed by atoms with E-state index in [0.29, 0.717) is 17.4 Å². The van der Waals surface area contributed by atoms with Crippen LogP contribution in [0.3, 0.4) is 0 Å². The number of allylic oxidation sites excluding steroid dienone is 22. The summed E-state index contributed by atoms with van der Waals surface area (Å²) in [6.45, 7) is 4.51. The lowest BCUT2D eigenvalue weighted by atomic mass is 10.0. The van der Waals surface area contributed by atoms with Gasteiger partial charge in [0, 0.05) is 12.8 Å². The molecule has 0 amide bonds. The van der Waals surface area contributed by atoms with Crippen LogP contribution in [0.4, 0.5) is 0 Å². The van der Waals surface area contributed by atoms with Gasteiger partial charge in [0.1, 0.15) is 13.2 Å². The van der Waals surface area contributed by atoms with Crippen molar-refractivity contribution >= 4 is 17.9 Å². The molecule has 460 valence electrons. The van der Waals surface area contributed by atoms with Gasteiger partial charge < -0.3 is 33.3 Å². The molecule has 0 N–H and O–H groups in total. The fraction of sp³-hybridized carbons (Fsp3) is 0.653. The fourth-order valence-electron chi connectivity index (χ4n) is 8.51. The van der Waals surface area contributed by atoms with Gasteiger partial charge in [0.2, 0.25) is 0 Å². The van der Waals surface area contributed by atoms with Crippen molar-refractivity contribution < 1.29 is 42.9 Å². The zero-order chi connectivity index (χ0) is 59.1. The van der Waals surface area contributed by atoms with Crippen molar-refractivity contribution in [1.29, 1.82) is 0 Å². The number of aliphatic carboxylic acids is 1. The molecule has 0 saturated carbocycles. The molecular formula is C72H119NO8. The minimum Gasteiger partial charge on any atom is -0.545 e. The molecule has 0 heterocycles. The number of nitrogens with zero attached hydrogens (tertiary/aromatic N) is 1. The Kier molecular flexibility index (Phi) is 58.0. The van der Waals surface area contributed by atoms with Gasteiger partial charge in [-0.25, -0.2) is 0 Å². The lowest BCUT2D eigenvalue weighted by Gasteiger charge is -2.26. The van der Waals surface area contributed by atoms with Crippen molar-refractivity contribution in [2.75, 3.05) is 47.5 Å². The van der Waals surface area contributed by atoms with Gasteiger partial charge in [-0.1, -0.05) is 257 Å². The molecule has 2 unspecified atom stereocenters. The average molecular weight is 1130 g/mol. The molecule has 2 atom stereocenters. The molecule has 0 radical (unpaired) electrons. The molecule has 0 saturated heterocycles. The first-order chi connectivity index (χ1) is 39.6. The Hall–Kier alpha value is -4.57. The minimum atomic E-state index is -1.63. The highest BCUT2D eigenvalue weighted by Gasteiger charge is 2.22. The number of esters is 2. The average Bonchev–Trinajstić information content (AvgIpc) is 3.44. The number of quaternary nitrogens is 1. The number of ether oxygens (including phenoxy) is 4. The van der Waals surface area contributed by atoms with Crippen LogP contribution in [-0.2, 0) is 33.3 Å². The van der Waals surface area contributed by atoms with Crippen molar-refractivity contribution in [2.45, 2.75) is 257 Å². The monoisotopic (exact) mass is 1130 g/mol. The molecule has 0 aliphatic carbocycles. The summed E-state index contributed by atoms with van der Waals surface area (Å²) in [5.41, 5.74) is 0. The van der Waals surface area contributed by atoms with Crippen LogP contribution in [-0.4, -0.2) is 82.3 Å². The number of carbonyl (C=O) groups is 3. The summed E-state index contributed by atoms with van der Waals surface area (Å²) < 4.78 is 22.8. The SMILES string of the molecule is CC/C=C\C/C=C\C/C=C\C/C=C\C/C=C\C/C=C\CCCCCCCCCCCCC(=O)OC(COC(=O)CCCCCCCCCCCCC/C=C\C/C=C\C/C=C\C/C=C\C/C=C\CC)COC(OCC[N+](C)(C)C)C(=O)[O-]. The van der Waals surface area contributed by atoms with Crippen molar-refractivity contribution in [2.24, 2.45) is 0 Å². The third-order valence-corrected chi connectivity index (χ3v) is 13.4. The van der Waals surface area contributed by atoms with E-state index in [1.165, 1.54) is 83.5 Å². The van der Waals surface area contributed by atoms with Crippen molar-refractivity contribution in [3.63, 3.8) is 0 Å². The maximum absolute atomic E-state index is 12.9. The highest BCUT2D eigenvalue weighted by molar-refractivity contribution is 5.70. The Morgan fingerprint density at radius 2 is 0.667 bits per heavy atom. The third-order valence-electron chi connectivity index (χ3n) is 13.4. The van der Waals surface area contributed by atoms with E-state index in [0.717, 1.165) is 128 Å². The smallest absolute Gasteiger partial charge is 0.306 e. The molecular weight excluding hydrogens is 1010 g/mol. The van der Waals surface area contributed by atoms with Gasteiger partial charge >= 0.3 is 11.9 Å². The lowest BCUT2D eigenvalue weighted by Crippen LogP contribution is -2.44. The predicted molar refractivity (Wildman–Crippen MR) is 343 cm³/mol. The number of carboxylic acids is 1. The summed E-state index contributed by atoms with van der Waals surface area (Å²) in [5.74, 6) is -2.30. The summed E-state index contributed by atoms with van der Waals surface area (Å²) in [6, 6.07) is 0. The van der Waals surface area contributed by atoms with E-state index >= 15 is 0 Å². The Morgan fingerprint density at radius 3 is 0.988 bits per heavy atom. The maximum atomic E-state index is 12.9. The van der Waals surface area contributed by atoms with Gasteiger partial charge in [0.15, 0.2) is 12.4 Å². The highest BCUT2D eigenvalue weighted by Crippen LogP contribution is 2.16. The number of unbranched alkanes of at least 4 members (excludes halogenated alkanes) is 21. The maximum Gasteiger partial charge on any atom is 0.306 e. The Bertz CT molecular complexity index is 1790. The number of carboxylic acid groups (broad SMARTS) is 1. The first-order valence-corrected chi connectivity index (χ1v) is 32.3. The second-order valence-electron chi connectivity index (χ2n) is 22.3. The molecule has 0 bridgehead atoms. The van der Waals surface area contributed by atoms with Gasteiger partial charge in [-0.15, -0.1) is 0 Å². The molecule has 0 aliphatic heterocycles. The molecule has 0 aliphatic rings. The van der Waals surface area contributed by atoms with Crippen LogP contribution < -0.4 is 5.11 Å². The zero-order valence-corrected chi connectivity index (χ0v) is 52.4. The fourth-order valence-corrected chi connectivity index (χ4v) is 8.51. The van der Waals surface area contributed by atoms with Gasteiger partial charge in [0.05, 0.1) is 40.3 Å². The quantitative estimate of drug-likeness (QED) is 0.0195. The molecule has 0 aromatic heterocycles. The van der Waals surface area contributed by atoms with Crippen LogP contribution in [0.5, 0.6) is 0 Å². The predicted octanol–water partition coefficient (Wildman–Crippen LogP) is 18.5. The van der Waals surface area contributed by atoms with E-state index in [1.807, 2.05) is 21.1 Å². The van der Waals surface area contributed by atoms with Crippen molar-refractivity contribution in [3.05, 3.63) is 134 Å². The number of hydrogen-bond donors (Lipinski definition) is 0. The van der Waals surface area contributed by atoms with Crippen LogP contribution in [0, 0.1) is 0 Å². The number of rotatable bonds is 58. The number of likely N-dealkylation sites (N-methyl/N-ethyl adjacent to an activating group) is 1. The Balaban J connectivity index is 4.22. The summed E-state index contributed by atoms with van der Waals surface area (Å²) in [7, 11) is 5.92.